The number of benzene rings is 1. The largest absolute Gasteiger partial charge is 0.494 e. The molecule has 1 N–H and O–H groups in total. The van der Waals surface area contributed by atoms with Crippen LogP contribution in [0.3, 0.4) is 0 Å². The van der Waals surface area contributed by atoms with Gasteiger partial charge >= 0.3 is 6.03 Å². The van der Waals surface area contributed by atoms with Crippen LogP contribution < -0.4 is 10.1 Å². The standard InChI is InChI=1S/C21H31N3O3/c1-2-3-4-16-27-19-10-8-18(9-11-19)22-21(26)24-13-5-12-23(14-15-24)20(25)17-6-7-17/h8-11,17H,2-7,12-16H2,1H3,(H,22,26). The van der Waals surface area contributed by atoms with Crippen LogP contribution in [-0.4, -0.2) is 54.5 Å². The summed E-state index contributed by atoms with van der Waals surface area (Å²) in [4.78, 5) is 28.5. The Morgan fingerprint density at radius 1 is 1.04 bits per heavy atom. The topological polar surface area (TPSA) is 61.9 Å². The van der Waals surface area contributed by atoms with Crippen LogP contribution in [0, 0.1) is 5.92 Å². The first kappa shape index (κ1) is 19.5. The third kappa shape index (κ3) is 5.88. The van der Waals surface area contributed by atoms with Gasteiger partial charge in [0.05, 0.1) is 6.61 Å². The lowest BCUT2D eigenvalue weighted by molar-refractivity contribution is -0.132. The van der Waals surface area contributed by atoms with E-state index in [2.05, 4.69) is 12.2 Å². The number of ether oxygens (including phenoxy) is 1. The van der Waals surface area contributed by atoms with Crippen molar-refractivity contribution in [3.63, 3.8) is 0 Å². The minimum Gasteiger partial charge on any atom is -0.494 e. The number of rotatable bonds is 7. The SMILES string of the molecule is CCCCCOc1ccc(NC(=O)N2CCCN(C(=O)C3CC3)CC2)cc1. The van der Waals surface area contributed by atoms with Gasteiger partial charge in [-0.25, -0.2) is 4.79 Å². The van der Waals surface area contributed by atoms with Crippen molar-refractivity contribution in [1.29, 1.82) is 0 Å². The summed E-state index contributed by atoms with van der Waals surface area (Å²) in [6.07, 6.45) is 6.29. The molecule has 1 aromatic carbocycles. The minimum atomic E-state index is -0.104. The predicted molar refractivity (Wildman–Crippen MR) is 106 cm³/mol. The molecule has 3 amide bonds. The van der Waals surface area contributed by atoms with E-state index in [9.17, 15) is 9.59 Å². The van der Waals surface area contributed by atoms with E-state index in [1.165, 1.54) is 12.8 Å². The van der Waals surface area contributed by atoms with Crippen molar-refractivity contribution in [2.75, 3.05) is 38.1 Å². The van der Waals surface area contributed by atoms with Crippen LogP contribution in [0.4, 0.5) is 10.5 Å². The highest BCUT2D eigenvalue weighted by Gasteiger charge is 2.34. The van der Waals surface area contributed by atoms with Crippen LogP contribution in [0.2, 0.25) is 0 Å². The first-order valence-corrected chi connectivity index (χ1v) is 10.2. The first-order chi connectivity index (χ1) is 13.2. The van der Waals surface area contributed by atoms with E-state index < -0.39 is 0 Å². The second-order valence-electron chi connectivity index (χ2n) is 7.45. The van der Waals surface area contributed by atoms with Gasteiger partial charge in [0.25, 0.3) is 0 Å². The number of urea groups is 1. The van der Waals surface area contributed by atoms with Crippen molar-refractivity contribution < 1.29 is 14.3 Å². The zero-order valence-corrected chi connectivity index (χ0v) is 16.3. The maximum absolute atomic E-state index is 12.6. The van der Waals surface area contributed by atoms with E-state index >= 15 is 0 Å². The minimum absolute atomic E-state index is 0.104. The molecule has 2 fully saturated rings. The summed E-state index contributed by atoms with van der Waals surface area (Å²) in [5.41, 5.74) is 0.760. The molecule has 1 aliphatic carbocycles. The molecule has 1 aliphatic heterocycles. The summed E-state index contributed by atoms with van der Waals surface area (Å²) in [6.45, 7) is 5.55. The second-order valence-corrected chi connectivity index (χ2v) is 7.45. The number of hydrogen-bond donors (Lipinski definition) is 1. The molecule has 27 heavy (non-hydrogen) atoms. The Morgan fingerprint density at radius 2 is 1.74 bits per heavy atom. The van der Waals surface area contributed by atoms with E-state index in [-0.39, 0.29) is 17.9 Å². The van der Waals surface area contributed by atoms with Gasteiger partial charge in [0.15, 0.2) is 0 Å². The van der Waals surface area contributed by atoms with E-state index in [1.54, 1.807) is 4.90 Å². The van der Waals surface area contributed by atoms with Gasteiger partial charge in [-0.05, 0) is 49.9 Å². The Balaban J connectivity index is 1.44. The quantitative estimate of drug-likeness (QED) is 0.741. The van der Waals surface area contributed by atoms with E-state index in [0.717, 1.165) is 50.3 Å². The zero-order chi connectivity index (χ0) is 19.1. The lowest BCUT2D eigenvalue weighted by Gasteiger charge is -2.22. The molecule has 6 heteroatoms. The summed E-state index contributed by atoms with van der Waals surface area (Å²) < 4.78 is 5.70. The van der Waals surface area contributed by atoms with Crippen LogP contribution >= 0.6 is 0 Å². The average Bonchev–Trinajstić information content (AvgIpc) is 3.52. The smallest absolute Gasteiger partial charge is 0.321 e. The molecular weight excluding hydrogens is 342 g/mol. The molecule has 0 aromatic heterocycles. The fourth-order valence-electron chi connectivity index (χ4n) is 3.31. The van der Waals surface area contributed by atoms with Crippen LogP contribution in [0.1, 0.15) is 45.4 Å². The normalized spacial score (nSPS) is 17.4. The maximum atomic E-state index is 12.6. The molecule has 6 nitrogen and oxygen atoms in total. The van der Waals surface area contributed by atoms with Gasteiger partial charge in [-0.15, -0.1) is 0 Å². The van der Waals surface area contributed by atoms with Crippen molar-refractivity contribution in [1.82, 2.24) is 9.80 Å². The van der Waals surface area contributed by atoms with Gasteiger partial charge in [-0.3, -0.25) is 4.79 Å². The Bertz CT molecular complexity index is 628. The summed E-state index contributed by atoms with van der Waals surface area (Å²) in [6, 6.07) is 7.41. The molecule has 2 aliphatic rings. The van der Waals surface area contributed by atoms with Gasteiger partial charge in [-0.2, -0.15) is 0 Å². The Hall–Kier alpha value is -2.24. The van der Waals surface area contributed by atoms with Crippen molar-refractivity contribution in [3.8, 4) is 5.75 Å². The van der Waals surface area contributed by atoms with Crippen LogP contribution in [0.15, 0.2) is 24.3 Å². The van der Waals surface area contributed by atoms with Gasteiger partial charge in [-0.1, -0.05) is 19.8 Å². The summed E-state index contributed by atoms with van der Waals surface area (Å²) in [5.74, 6) is 1.34. The molecule has 1 aromatic rings. The van der Waals surface area contributed by atoms with Crippen molar-refractivity contribution >= 4 is 17.6 Å². The highest BCUT2D eigenvalue weighted by molar-refractivity contribution is 5.89. The molecule has 1 saturated heterocycles. The van der Waals surface area contributed by atoms with Crippen molar-refractivity contribution in [3.05, 3.63) is 24.3 Å². The fourth-order valence-corrected chi connectivity index (χ4v) is 3.31. The van der Waals surface area contributed by atoms with Gasteiger partial charge < -0.3 is 19.9 Å². The van der Waals surface area contributed by atoms with Gasteiger partial charge in [0.2, 0.25) is 5.91 Å². The highest BCUT2D eigenvalue weighted by Crippen LogP contribution is 2.31. The number of unbranched alkanes of at least 4 members (excludes halogenated alkanes) is 2. The molecule has 0 atom stereocenters. The molecular formula is C21H31N3O3. The lowest BCUT2D eigenvalue weighted by atomic mass is 10.2. The number of carbonyl (C=O) groups is 2. The summed E-state index contributed by atoms with van der Waals surface area (Å²) in [7, 11) is 0. The van der Waals surface area contributed by atoms with Crippen LogP contribution in [0.25, 0.3) is 0 Å². The van der Waals surface area contributed by atoms with Crippen LogP contribution in [0.5, 0.6) is 5.75 Å². The first-order valence-electron chi connectivity index (χ1n) is 10.2. The molecule has 0 unspecified atom stereocenters. The third-order valence-electron chi connectivity index (χ3n) is 5.14. The molecule has 0 spiro atoms. The molecule has 1 saturated carbocycles. The summed E-state index contributed by atoms with van der Waals surface area (Å²) >= 11 is 0. The number of carbonyl (C=O) groups excluding carboxylic acids is 2. The Labute approximate surface area is 161 Å². The zero-order valence-electron chi connectivity index (χ0n) is 16.3. The van der Waals surface area contributed by atoms with Gasteiger partial charge in [0, 0.05) is 37.8 Å². The molecule has 1 heterocycles. The fraction of sp³-hybridized carbons (Fsp3) is 0.619. The number of amides is 3. The van der Waals surface area contributed by atoms with Crippen LogP contribution in [-0.2, 0) is 4.79 Å². The predicted octanol–water partition coefficient (Wildman–Crippen LogP) is 3.73. The van der Waals surface area contributed by atoms with Crippen molar-refractivity contribution in [2.45, 2.75) is 45.4 Å². The monoisotopic (exact) mass is 373 g/mol. The molecule has 148 valence electrons. The molecule has 0 bridgehead atoms. The maximum Gasteiger partial charge on any atom is 0.321 e. The van der Waals surface area contributed by atoms with E-state index in [1.807, 2.05) is 29.2 Å². The van der Waals surface area contributed by atoms with E-state index in [0.29, 0.717) is 19.6 Å². The highest BCUT2D eigenvalue weighted by atomic mass is 16.5. The number of nitrogens with zero attached hydrogens (tertiary/aromatic N) is 2. The average molecular weight is 373 g/mol. The Kier molecular flexibility index (Phi) is 6.96. The summed E-state index contributed by atoms with van der Waals surface area (Å²) in [5, 5.41) is 2.95. The number of nitrogens with one attached hydrogen (secondary N) is 1. The molecule has 3 rings (SSSR count). The van der Waals surface area contributed by atoms with Gasteiger partial charge in [0.1, 0.15) is 5.75 Å². The second kappa shape index (κ2) is 9.62. The van der Waals surface area contributed by atoms with Crippen molar-refractivity contribution in [2.24, 2.45) is 5.92 Å². The number of hydrogen-bond acceptors (Lipinski definition) is 3. The Morgan fingerprint density at radius 3 is 2.44 bits per heavy atom. The van der Waals surface area contributed by atoms with E-state index in [4.69, 9.17) is 4.74 Å². The number of anilines is 1. The molecule has 0 radical (unpaired) electrons. The lowest BCUT2D eigenvalue weighted by Crippen LogP contribution is -2.39. The third-order valence-corrected chi connectivity index (χ3v) is 5.14.